The van der Waals surface area contributed by atoms with Crippen molar-refractivity contribution in [2.24, 2.45) is 0 Å². The van der Waals surface area contributed by atoms with Crippen LogP contribution in [0.3, 0.4) is 0 Å². The largest absolute Gasteiger partial charge is 0.343 e. The van der Waals surface area contributed by atoms with E-state index in [2.05, 4.69) is 24.8 Å². The van der Waals surface area contributed by atoms with Gasteiger partial charge < -0.3 is 4.90 Å². The van der Waals surface area contributed by atoms with E-state index in [-0.39, 0.29) is 0 Å². The molecule has 2 nitrogen and oxygen atoms in total. The van der Waals surface area contributed by atoms with Crippen molar-refractivity contribution in [3.05, 3.63) is 11.6 Å². The molecule has 25 heavy (non-hydrogen) atoms. The molecule has 2 heteroatoms. The Morgan fingerprint density at radius 2 is 1.36 bits per heavy atom. The molecule has 0 spiro atoms. The lowest BCUT2D eigenvalue weighted by atomic mass is 10.0. The van der Waals surface area contributed by atoms with Crippen molar-refractivity contribution in [3.8, 4) is 0 Å². The third kappa shape index (κ3) is 12.2. The zero-order valence-electron chi connectivity index (χ0n) is 17.2. The molecule has 0 aromatic heterocycles. The van der Waals surface area contributed by atoms with Gasteiger partial charge in [-0.25, -0.2) is 0 Å². The first kappa shape index (κ1) is 22.3. The Labute approximate surface area is 157 Å². The molecule has 1 fully saturated rings. The summed E-state index contributed by atoms with van der Waals surface area (Å²) in [4.78, 5) is 14.0. The van der Waals surface area contributed by atoms with Crippen LogP contribution in [0.1, 0.15) is 117 Å². The lowest BCUT2D eigenvalue weighted by Gasteiger charge is -2.14. The SMILES string of the molecule is CCCCCCC=C(C)CCCCCCCCCC(=O)N1CCCC1. The first-order valence-electron chi connectivity index (χ1n) is 11.2. The van der Waals surface area contributed by atoms with E-state index in [9.17, 15) is 4.79 Å². The highest BCUT2D eigenvalue weighted by molar-refractivity contribution is 5.76. The van der Waals surface area contributed by atoms with E-state index in [1.807, 2.05) is 0 Å². The summed E-state index contributed by atoms with van der Waals surface area (Å²) >= 11 is 0. The van der Waals surface area contributed by atoms with Gasteiger partial charge in [-0.15, -0.1) is 0 Å². The van der Waals surface area contributed by atoms with Crippen LogP contribution in [-0.4, -0.2) is 23.9 Å². The van der Waals surface area contributed by atoms with Crippen LogP contribution in [-0.2, 0) is 4.79 Å². The van der Waals surface area contributed by atoms with Crippen molar-refractivity contribution in [1.82, 2.24) is 4.90 Å². The molecule has 0 N–H and O–H groups in total. The third-order valence-corrected chi connectivity index (χ3v) is 5.47. The molecule has 0 aliphatic carbocycles. The molecule has 0 aromatic rings. The Bertz CT molecular complexity index is 355. The second kappa shape index (κ2) is 15.5. The van der Waals surface area contributed by atoms with E-state index in [4.69, 9.17) is 0 Å². The Morgan fingerprint density at radius 1 is 0.800 bits per heavy atom. The summed E-state index contributed by atoms with van der Waals surface area (Å²) in [6, 6.07) is 0. The summed E-state index contributed by atoms with van der Waals surface area (Å²) in [5.74, 6) is 0.398. The van der Waals surface area contributed by atoms with Crippen molar-refractivity contribution in [3.63, 3.8) is 0 Å². The van der Waals surface area contributed by atoms with Crippen LogP contribution in [0.5, 0.6) is 0 Å². The fourth-order valence-corrected chi connectivity index (χ4v) is 3.71. The van der Waals surface area contributed by atoms with Gasteiger partial charge in [-0.05, 0) is 51.9 Å². The van der Waals surface area contributed by atoms with Gasteiger partial charge in [0.25, 0.3) is 0 Å². The molecule has 0 saturated carbocycles. The summed E-state index contributed by atoms with van der Waals surface area (Å²) in [5, 5.41) is 0. The Morgan fingerprint density at radius 3 is 2.00 bits per heavy atom. The number of carbonyl (C=O) groups excluding carboxylic acids is 1. The maximum atomic E-state index is 11.9. The van der Waals surface area contributed by atoms with Crippen LogP contribution < -0.4 is 0 Å². The molecule has 0 bridgehead atoms. The Kier molecular flexibility index (Phi) is 13.8. The van der Waals surface area contributed by atoms with Crippen molar-refractivity contribution < 1.29 is 4.79 Å². The first-order chi connectivity index (χ1) is 12.2. The molecule has 0 unspecified atom stereocenters. The summed E-state index contributed by atoms with van der Waals surface area (Å²) in [5.41, 5.74) is 1.59. The molecular formula is C23H43NO. The van der Waals surface area contributed by atoms with Crippen LogP contribution in [0.4, 0.5) is 0 Å². The van der Waals surface area contributed by atoms with E-state index in [0.717, 1.165) is 25.9 Å². The number of rotatable bonds is 15. The number of hydrogen-bond donors (Lipinski definition) is 0. The van der Waals surface area contributed by atoms with Crippen molar-refractivity contribution in [1.29, 1.82) is 0 Å². The Balaban J connectivity index is 1.83. The van der Waals surface area contributed by atoms with Gasteiger partial charge in [0.15, 0.2) is 0 Å². The van der Waals surface area contributed by atoms with E-state index >= 15 is 0 Å². The molecule has 146 valence electrons. The van der Waals surface area contributed by atoms with Gasteiger partial charge in [-0.2, -0.15) is 0 Å². The predicted molar refractivity (Wildman–Crippen MR) is 110 cm³/mol. The zero-order valence-corrected chi connectivity index (χ0v) is 17.2. The summed E-state index contributed by atoms with van der Waals surface area (Å²) < 4.78 is 0. The first-order valence-corrected chi connectivity index (χ1v) is 11.2. The molecular weight excluding hydrogens is 306 g/mol. The zero-order chi connectivity index (χ0) is 18.2. The minimum absolute atomic E-state index is 0.398. The average Bonchev–Trinajstić information content (AvgIpc) is 3.14. The van der Waals surface area contributed by atoms with Crippen LogP contribution in [0.25, 0.3) is 0 Å². The molecule has 1 heterocycles. The lowest BCUT2D eigenvalue weighted by molar-refractivity contribution is -0.130. The maximum Gasteiger partial charge on any atom is 0.222 e. The monoisotopic (exact) mass is 349 g/mol. The van der Waals surface area contributed by atoms with E-state index in [1.165, 1.54) is 89.9 Å². The summed E-state index contributed by atoms with van der Waals surface area (Å²) in [7, 11) is 0. The third-order valence-electron chi connectivity index (χ3n) is 5.47. The normalized spacial score (nSPS) is 15.1. The number of carbonyl (C=O) groups is 1. The molecule has 1 aliphatic rings. The number of unbranched alkanes of at least 4 members (excludes halogenated alkanes) is 10. The van der Waals surface area contributed by atoms with Crippen molar-refractivity contribution in [2.45, 2.75) is 117 Å². The minimum Gasteiger partial charge on any atom is -0.343 e. The summed E-state index contributed by atoms with van der Waals surface area (Å²) in [6.07, 6.45) is 22.8. The van der Waals surface area contributed by atoms with Crippen molar-refractivity contribution in [2.75, 3.05) is 13.1 Å². The lowest BCUT2D eigenvalue weighted by Crippen LogP contribution is -2.27. The van der Waals surface area contributed by atoms with Crippen LogP contribution in [0.2, 0.25) is 0 Å². The van der Waals surface area contributed by atoms with Crippen LogP contribution in [0.15, 0.2) is 11.6 Å². The highest BCUT2D eigenvalue weighted by Gasteiger charge is 2.16. The van der Waals surface area contributed by atoms with Crippen LogP contribution in [0, 0.1) is 0 Å². The van der Waals surface area contributed by atoms with Crippen molar-refractivity contribution >= 4 is 5.91 Å². The molecule has 1 saturated heterocycles. The topological polar surface area (TPSA) is 20.3 Å². The molecule has 0 atom stereocenters. The molecule has 1 amide bonds. The predicted octanol–water partition coefficient (Wildman–Crippen LogP) is 7.04. The maximum absolute atomic E-state index is 11.9. The van der Waals surface area contributed by atoms with E-state index in [0.29, 0.717) is 5.91 Å². The van der Waals surface area contributed by atoms with Gasteiger partial charge in [-0.1, -0.05) is 69.9 Å². The van der Waals surface area contributed by atoms with Crippen LogP contribution >= 0.6 is 0 Å². The van der Waals surface area contributed by atoms with Gasteiger partial charge in [-0.3, -0.25) is 4.79 Å². The number of hydrogen-bond acceptors (Lipinski definition) is 1. The fourth-order valence-electron chi connectivity index (χ4n) is 3.71. The molecule has 1 aliphatic heterocycles. The number of allylic oxidation sites excluding steroid dienone is 2. The second-order valence-corrected chi connectivity index (χ2v) is 7.96. The smallest absolute Gasteiger partial charge is 0.222 e. The van der Waals surface area contributed by atoms with Gasteiger partial charge in [0, 0.05) is 19.5 Å². The average molecular weight is 350 g/mol. The van der Waals surface area contributed by atoms with E-state index < -0.39 is 0 Å². The second-order valence-electron chi connectivity index (χ2n) is 7.96. The molecule has 0 aromatic carbocycles. The van der Waals surface area contributed by atoms with Gasteiger partial charge >= 0.3 is 0 Å². The Hall–Kier alpha value is -0.790. The number of likely N-dealkylation sites (tertiary alicyclic amines) is 1. The van der Waals surface area contributed by atoms with Gasteiger partial charge in [0.1, 0.15) is 0 Å². The van der Waals surface area contributed by atoms with Gasteiger partial charge in [0.05, 0.1) is 0 Å². The highest BCUT2D eigenvalue weighted by atomic mass is 16.2. The highest BCUT2D eigenvalue weighted by Crippen LogP contribution is 2.15. The summed E-state index contributed by atoms with van der Waals surface area (Å²) in [6.45, 7) is 6.59. The number of amides is 1. The quantitative estimate of drug-likeness (QED) is 0.229. The fraction of sp³-hybridized carbons (Fsp3) is 0.870. The molecule has 0 radical (unpaired) electrons. The standard InChI is InChI=1S/C23H43NO/c1-3-4-5-9-12-17-22(2)18-13-10-7-6-8-11-14-19-23(25)24-20-15-16-21-24/h17H,3-16,18-21H2,1-2H3. The van der Waals surface area contributed by atoms with Gasteiger partial charge in [0.2, 0.25) is 5.91 Å². The van der Waals surface area contributed by atoms with E-state index in [1.54, 1.807) is 5.57 Å². The number of nitrogens with zero attached hydrogens (tertiary/aromatic N) is 1. The minimum atomic E-state index is 0.398. The molecule has 1 rings (SSSR count).